The lowest BCUT2D eigenvalue weighted by atomic mass is 10.2. The molecular formula is C12H15N3O. The third-order valence-corrected chi connectivity index (χ3v) is 2.50. The Morgan fingerprint density at radius 1 is 1.25 bits per heavy atom. The lowest BCUT2D eigenvalue weighted by Crippen LogP contribution is -2.41. The summed E-state index contributed by atoms with van der Waals surface area (Å²) in [6, 6.07) is 9.29. The van der Waals surface area contributed by atoms with Crippen LogP contribution in [0.1, 0.15) is 6.92 Å². The van der Waals surface area contributed by atoms with E-state index >= 15 is 0 Å². The molecule has 4 heteroatoms. The zero-order valence-electron chi connectivity index (χ0n) is 9.71. The van der Waals surface area contributed by atoms with E-state index in [0.29, 0.717) is 5.96 Å². The van der Waals surface area contributed by atoms with Crippen LogP contribution in [0.4, 0.5) is 5.69 Å². The first-order valence-corrected chi connectivity index (χ1v) is 5.25. The van der Waals surface area contributed by atoms with Crippen LogP contribution in [0.2, 0.25) is 0 Å². The minimum Gasteiger partial charge on any atom is -0.348 e. The maximum absolute atomic E-state index is 12.0. The van der Waals surface area contributed by atoms with Crippen LogP contribution in [-0.4, -0.2) is 36.9 Å². The van der Waals surface area contributed by atoms with Gasteiger partial charge in [0.25, 0.3) is 5.91 Å². The predicted molar refractivity (Wildman–Crippen MR) is 64.5 cm³/mol. The lowest BCUT2D eigenvalue weighted by Gasteiger charge is -2.23. The first-order valence-electron chi connectivity index (χ1n) is 5.25. The summed E-state index contributed by atoms with van der Waals surface area (Å²) < 4.78 is 0. The maximum Gasteiger partial charge on any atom is 0.258 e. The molecule has 0 spiro atoms. The molecule has 0 bridgehead atoms. The van der Waals surface area contributed by atoms with Gasteiger partial charge in [-0.3, -0.25) is 4.79 Å². The van der Waals surface area contributed by atoms with Crippen molar-refractivity contribution in [3.63, 3.8) is 0 Å². The van der Waals surface area contributed by atoms with Crippen LogP contribution in [0.15, 0.2) is 35.3 Å². The highest BCUT2D eigenvalue weighted by atomic mass is 16.2. The van der Waals surface area contributed by atoms with Crippen molar-refractivity contribution < 1.29 is 4.79 Å². The molecule has 1 aliphatic heterocycles. The molecule has 0 aliphatic carbocycles. The minimum atomic E-state index is -0.294. The SMILES string of the molecule is CC1N=C(N(C)C)N(c2ccccc2)C1=O. The second kappa shape index (κ2) is 3.96. The van der Waals surface area contributed by atoms with E-state index in [2.05, 4.69) is 4.99 Å². The Bertz CT molecular complexity index is 425. The van der Waals surface area contributed by atoms with Crippen molar-refractivity contribution in [2.75, 3.05) is 19.0 Å². The van der Waals surface area contributed by atoms with Gasteiger partial charge in [-0.25, -0.2) is 9.89 Å². The predicted octanol–water partition coefficient (Wildman–Crippen LogP) is 1.34. The smallest absolute Gasteiger partial charge is 0.258 e. The Hall–Kier alpha value is -1.84. The highest BCUT2D eigenvalue weighted by Crippen LogP contribution is 2.21. The van der Waals surface area contributed by atoms with Crippen LogP contribution in [0.5, 0.6) is 0 Å². The van der Waals surface area contributed by atoms with Crippen LogP contribution < -0.4 is 4.90 Å². The van der Waals surface area contributed by atoms with Gasteiger partial charge in [-0.1, -0.05) is 18.2 Å². The minimum absolute atomic E-state index is 0.0231. The summed E-state index contributed by atoms with van der Waals surface area (Å²) in [6.07, 6.45) is 0. The Balaban J connectivity index is 2.40. The molecule has 2 rings (SSSR count). The fourth-order valence-electron chi connectivity index (χ4n) is 1.71. The topological polar surface area (TPSA) is 35.9 Å². The first kappa shape index (κ1) is 10.7. The Morgan fingerprint density at radius 2 is 1.88 bits per heavy atom. The van der Waals surface area contributed by atoms with E-state index in [9.17, 15) is 4.79 Å². The summed E-state index contributed by atoms with van der Waals surface area (Å²) in [6.45, 7) is 1.81. The van der Waals surface area contributed by atoms with Gasteiger partial charge < -0.3 is 4.90 Å². The number of aliphatic imine (C=N–C) groups is 1. The molecule has 0 N–H and O–H groups in total. The van der Waals surface area contributed by atoms with E-state index in [1.54, 1.807) is 4.90 Å². The average Bonchev–Trinajstić information content (AvgIpc) is 2.57. The second-order valence-corrected chi connectivity index (χ2v) is 4.01. The highest BCUT2D eigenvalue weighted by molar-refractivity contribution is 6.21. The van der Waals surface area contributed by atoms with Crippen LogP contribution in [0, 0.1) is 0 Å². The van der Waals surface area contributed by atoms with E-state index in [4.69, 9.17) is 0 Å². The van der Waals surface area contributed by atoms with E-state index in [-0.39, 0.29) is 11.9 Å². The molecule has 0 aromatic heterocycles. The van der Waals surface area contributed by atoms with E-state index < -0.39 is 0 Å². The van der Waals surface area contributed by atoms with Crippen molar-refractivity contribution in [3.8, 4) is 0 Å². The van der Waals surface area contributed by atoms with Crippen molar-refractivity contribution in [1.82, 2.24) is 4.90 Å². The summed E-state index contributed by atoms with van der Waals surface area (Å²) in [5, 5.41) is 0. The molecule has 16 heavy (non-hydrogen) atoms. The summed E-state index contributed by atoms with van der Waals surface area (Å²) in [5.41, 5.74) is 0.865. The monoisotopic (exact) mass is 217 g/mol. The number of rotatable bonds is 1. The number of nitrogens with zero attached hydrogens (tertiary/aromatic N) is 3. The largest absolute Gasteiger partial charge is 0.348 e. The number of hydrogen-bond donors (Lipinski definition) is 0. The number of carbonyl (C=O) groups is 1. The standard InChI is InChI=1S/C12H15N3O/c1-9-11(16)15(12(13-9)14(2)3)10-7-5-4-6-8-10/h4-9H,1-3H3. The van der Waals surface area contributed by atoms with Crippen LogP contribution in [0.3, 0.4) is 0 Å². The Labute approximate surface area is 95.2 Å². The second-order valence-electron chi connectivity index (χ2n) is 4.01. The molecule has 1 unspecified atom stereocenters. The third kappa shape index (κ3) is 1.66. The number of hydrogen-bond acceptors (Lipinski definition) is 3. The maximum atomic E-state index is 12.0. The van der Waals surface area contributed by atoms with Gasteiger partial charge in [0.2, 0.25) is 5.96 Å². The fourth-order valence-corrected chi connectivity index (χ4v) is 1.71. The van der Waals surface area contributed by atoms with Gasteiger partial charge >= 0.3 is 0 Å². The molecule has 0 saturated carbocycles. The van der Waals surface area contributed by atoms with Crippen molar-refractivity contribution in [3.05, 3.63) is 30.3 Å². The van der Waals surface area contributed by atoms with Crippen LogP contribution in [0.25, 0.3) is 0 Å². The number of guanidine groups is 1. The molecule has 1 heterocycles. The summed E-state index contributed by atoms with van der Waals surface area (Å²) in [7, 11) is 3.78. The Kier molecular flexibility index (Phi) is 2.64. The molecule has 84 valence electrons. The molecule has 4 nitrogen and oxygen atoms in total. The normalized spacial score (nSPS) is 19.9. The van der Waals surface area contributed by atoms with Gasteiger partial charge in [0.1, 0.15) is 6.04 Å². The summed E-state index contributed by atoms with van der Waals surface area (Å²) in [4.78, 5) is 19.9. The molecule has 0 fully saturated rings. The molecule has 1 amide bonds. The summed E-state index contributed by atoms with van der Waals surface area (Å²) >= 11 is 0. The number of anilines is 1. The molecule has 0 saturated heterocycles. The van der Waals surface area contributed by atoms with Crippen molar-refractivity contribution >= 4 is 17.6 Å². The van der Waals surface area contributed by atoms with Crippen molar-refractivity contribution in [1.29, 1.82) is 0 Å². The lowest BCUT2D eigenvalue weighted by molar-refractivity contribution is -0.117. The van der Waals surface area contributed by atoms with Gasteiger partial charge in [0, 0.05) is 14.1 Å². The van der Waals surface area contributed by atoms with Gasteiger partial charge in [0.15, 0.2) is 0 Å². The zero-order valence-corrected chi connectivity index (χ0v) is 9.71. The van der Waals surface area contributed by atoms with Crippen LogP contribution >= 0.6 is 0 Å². The first-order chi connectivity index (χ1) is 7.61. The fraction of sp³-hybridized carbons (Fsp3) is 0.333. The number of carbonyl (C=O) groups excluding carboxylic acids is 1. The van der Waals surface area contributed by atoms with Crippen molar-refractivity contribution in [2.24, 2.45) is 4.99 Å². The Morgan fingerprint density at radius 3 is 2.44 bits per heavy atom. The molecule has 1 aromatic carbocycles. The zero-order chi connectivity index (χ0) is 11.7. The van der Waals surface area contributed by atoms with E-state index in [1.165, 1.54) is 0 Å². The third-order valence-electron chi connectivity index (χ3n) is 2.50. The summed E-state index contributed by atoms with van der Waals surface area (Å²) in [5.74, 6) is 0.721. The molecule has 1 aromatic rings. The molecule has 1 atom stereocenters. The number of benzene rings is 1. The van der Waals surface area contributed by atoms with Gasteiger partial charge in [-0.05, 0) is 19.1 Å². The number of para-hydroxylation sites is 1. The highest BCUT2D eigenvalue weighted by Gasteiger charge is 2.33. The molecule has 1 aliphatic rings. The van der Waals surface area contributed by atoms with Gasteiger partial charge in [-0.2, -0.15) is 0 Å². The van der Waals surface area contributed by atoms with Gasteiger partial charge in [0.05, 0.1) is 5.69 Å². The van der Waals surface area contributed by atoms with E-state index in [0.717, 1.165) is 5.69 Å². The van der Waals surface area contributed by atoms with Crippen LogP contribution in [-0.2, 0) is 4.79 Å². The molecule has 0 radical (unpaired) electrons. The van der Waals surface area contributed by atoms with Crippen molar-refractivity contribution in [2.45, 2.75) is 13.0 Å². The average molecular weight is 217 g/mol. The quantitative estimate of drug-likeness (QED) is 0.711. The van der Waals surface area contributed by atoms with Gasteiger partial charge in [-0.15, -0.1) is 0 Å². The van der Waals surface area contributed by atoms with E-state index in [1.807, 2.05) is 56.3 Å². The number of amides is 1. The molecular weight excluding hydrogens is 202 g/mol.